The monoisotopic (exact) mass is 222 g/mol. The fraction of sp³-hybridized carbons (Fsp3) is 0.636. The van der Waals surface area contributed by atoms with Crippen molar-refractivity contribution in [3.63, 3.8) is 0 Å². The molecule has 1 aliphatic heterocycles. The summed E-state index contributed by atoms with van der Waals surface area (Å²) in [5, 5.41) is 12.1. The number of rotatable bonds is 3. The van der Waals surface area contributed by atoms with Crippen LogP contribution in [0.25, 0.3) is 0 Å². The molecule has 2 N–H and O–H groups in total. The molecule has 1 aliphatic rings. The van der Waals surface area contributed by atoms with Gasteiger partial charge in [-0.25, -0.2) is 9.97 Å². The highest BCUT2D eigenvalue weighted by molar-refractivity contribution is 5.49. The van der Waals surface area contributed by atoms with Crippen molar-refractivity contribution in [3.05, 3.63) is 11.9 Å². The first-order valence-electron chi connectivity index (χ1n) is 5.62. The van der Waals surface area contributed by atoms with E-state index in [1.165, 1.54) is 0 Å². The van der Waals surface area contributed by atoms with E-state index >= 15 is 0 Å². The van der Waals surface area contributed by atoms with Gasteiger partial charge in [0.1, 0.15) is 17.5 Å². The Hall–Kier alpha value is -1.36. The summed E-state index contributed by atoms with van der Waals surface area (Å²) in [5.74, 6) is 2.95. The lowest BCUT2D eigenvalue weighted by Crippen LogP contribution is -2.22. The SMILES string of the molecule is CNc1cc(N2CCC(CO)C2)nc(C)n1. The van der Waals surface area contributed by atoms with E-state index in [1.807, 2.05) is 20.0 Å². The van der Waals surface area contributed by atoms with Crippen LogP contribution in [0.5, 0.6) is 0 Å². The molecule has 2 rings (SSSR count). The molecule has 0 aromatic carbocycles. The zero-order valence-electron chi connectivity index (χ0n) is 9.77. The van der Waals surface area contributed by atoms with Gasteiger partial charge in [-0.05, 0) is 13.3 Å². The second kappa shape index (κ2) is 4.65. The summed E-state index contributed by atoms with van der Waals surface area (Å²) in [6, 6.07) is 1.95. The molecule has 0 saturated carbocycles. The topological polar surface area (TPSA) is 61.3 Å². The maximum atomic E-state index is 9.11. The molecule has 1 fully saturated rings. The molecule has 1 unspecified atom stereocenters. The standard InChI is InChI=1S/C11H18N4O/c1-8-13-10(12-2)5-11(14-8)15-4-3-9(6-15)7-16/h5,9,16H,3-4,6-7H2,1-2H3,(H,12,13,14). The van der Waals surface area contributed by atoms with Gasteiger partial charge >= 0.3 is 0 Å². The molecular formula is C11H18N4O. The first-order valence-corrected chi connectivity index (χ1v) is 5.62. The summed E-state index contributed by atoms with van der Waals surface area (Å²) in [7, 11) is 1.85. The lowest BCUT2D eigenvalue weighted by molar-refractivity contribution is 0.238. The quantitative estimate of drug-likeness (QED) is 0.786. The average Bonchev–Trinajstić information content (AvgIpc) is 2.76. The van der Waals surface area contributed by atoms with Gasteiger partial charge in [0, 0.05) is 38.7 Å². The molecule has 1 aromatic rings. The normalized spacial score (nSPS) is 20.2. The molecule has 88 valence electrons. The van der Waals surface area contributed by atoms with Gasteiger partial charge in [0.05, 0.1) is 0 Å². The Labute approximate surface area is 95.5 Å². The van der Waals surface area contributed by atoms with Crippen molar-refractivity contribution in [2.24, 2.45) is 5.92 Å². The summed E-state index contributed by atoms with van der Waals surface area (Å²) >= 11 is 0. The van der Waals surface area contributed by atoms with E-state index in [1.54, 1.807) is 0 Å². The molecule has 0 spiro atoms. The molecule has 1 atom stereocenters. The Bertz CT molecular complexity index is 369. The van der Waals surface area contributed by atoms with Crippen LogP contribution in [0.1, 0.15) is 12.2 Å². The van der Waals surface area contributed by atoms with Crippen LogP contribution in [0.15, 0.2) is 6.07 Å². The number of aromatic nitrogens is 2. The molecule has 1 saturated heterocycles. The lowest BCUT2D eigenvalue weighted by Gasteiger charge is -2.18. The fourth-order valence-corrected chi connectivity index (χ4v) is 2.03. The maximum Gasteiger partial charge on any atom is 0.134 e. The second-order valence-electron chi connectivity index (χ2n) is 4.19. The number of hydrogen-bond donors (Lipinski definition) is 2. The minimum Gasteiger partial charge on any atom is -0.396 e. The second-order valence-corrected chi connectivity index (χ2v) is 4.19. The molecule has 0 amide bonds. The molecule has 0 radical (unpaired) electrons. The van der Waals surface area contributed by atoms with Gasteiger partial charge in [-0.15, -0.1) is 0 Å². The van der Waals surface area contributed by atoms with E-state index in [0.717, 1.165) is 37.0 Å². The third-order valence-electron chi connectivity index (χ3n) is 2.95. The summed E-state index contributed by atoms with van der Waals surface area (Å²) < 4.78 is 0. The zero-order valence-corrected chi connectivity index (χ0v) is 9.77. The number of nitrogens with zero attached hydrogens (tertiary/aromatic N) is 3. The lowest BCUT2D eigenvalue weighted by atomic mass is 10.1. The van der Waals surface area contributed by atoms with E-state index in [4.69, 9.17) is 5.11 Å². The van der Waals surface area contributed by atoms with Crippen LogP contribution in [0.4, 0.5) is 11.6 Å². The minimum atomic E-state index is 0.263. The number of nitrogens with one attached hydrogen (secondary N) is 1. The highest BCUT2D eigenvalue weighted by atomic mass is 16.3. The molecule has 16 heavy (non-hydrogen) atoms. The average molecular weight is 222 g/mol. The van der Waals surface area contributed by atoms with E-state index < -0.39 is 0 Å². The maximum absolute atomic E-state index is 9.11. The van der Waals surface area contributed by atoms with Crippen molar-refractivity contribution in [2.75, 3.05) is 37.0 Å². The van der Waals surface area contributed by atoms with Crippen LogP contribution >= 0.6 is 0 Å². The van der Waals surface area contributed by atoms with Gasteiger partial charge in [0.2, 0.25) is 0 Å². The Morgan fingerprint density at radius 2 is 2.38 bits per heavy atom. The number of anilines is 2. The molecule has 2 heterocycles. The fourth-order valence-electron chi connectivity index (χ4n) is 2.03. The third kappa shape index (κ3) is 2.24. The minimum absolute atomic E-state index is 0.263. The predicted molar refractivity (Wildman–Crippen MR) is 63.7 cm³/mol. The first-order chi connectivity index (χ1) is 7.72. The zero-order chi connectivity index (χ0) is 11.5. The number of aliphatic hydroxyl groups excluding tert-OH is 1. The van der Waals surface area contributed by atoms with E-state index in [0.29, 0.717) is 5.92 Å². The summed E-state index contributed by atoms with van der Waals surface area (Å²) in [6.45, 7) is 4.00. The van der Waals surface area contributed by atoms with Crippen molar-refractivity contribution < 1.29 is 5.11 Å². The van der Waals surface area contributed by atoms with Gasteiger partial charge in [0.25, 0.3) is 0 Å². The van der Waals surface area contributed by atoms with Crippen molar-refractivity contribution in [2.45, 2.75) is 13.3 Å². The van der Waals surface area contributed by atoms with Gasteiger partial charge in [-0.1, -0.05) is 0 Å². The van der Waals surface area contributed by atoms with E-state index in [9.17, 15) is 0 Å². The Balaban J connectivity index is 2.17. The highest BCUT2D eigenvalue weighted by Crippen LogP contribution is 2.23. The number of aryl methyl sites for hydroxylation is 1. The molecule has 5 heteroatoms. The predicted octanol–water partition coefficient (Wildman–Crippen LogP) is 0.645. The van der Waals surface area contributed by atoms with Crippen molar-refractivity contribution >= 4 is 11.6 Å². The summed E-state index contributed by atoms with van der Waals surface area (Å²) in [5.41, 5.74) is 0. The van der Waals surface area contributed by atoms with Crippen LogP contribution in [-0.4, -0.2) is 41.8 Å². The van der Waals surface area contributed by atoms with Crippen molar-refractivity contribution in [3.8, 4) is 0 Å². The van der Waals surface area contributed by atoms with Crippen LogP contribution < -0.4 is 10.2 Å². The summed E-state index contributed by atoms with van der Waals surface area (Å²) in [4.78, 5) is 10.9. The Morgan fingerprint density at radius 1 is 1.56 bits per heavy atom. The Morgan fingerprint density at radius 3 is 3.00 bits per heavy atom. The summed E-state index contributed by atoms with van der Waals surface area (Å²) in [6.07, 6.45) is 1.04. The number of hydrogen-bond acceptors (Lipinski definition) is 5. The first kappa shape index (κ1) is 11.1. The molecule has 0 aliphatic carbocycles. The van der Waals surface area contributed by atoms with E-state index in [2.05, 4.69) is 20.2 Å². The van der Waals surface area contributed by atoms with E-state index in [-0.39, 0.29) is 6.61 Å². The third-order valence-corrected chi connectivity index (χ3v) is 2.95. The van der Waals surface area contributed by atoms with Crippen LogP contribution in [0, 0.1) is 12.8 Å². The van der Waals surface area contributed by atoms with Crippen molar-refractivity contribution in [1.29, 1.82) is 0 Å². The molecular weight excluding hydrogens is 204 g/mol. The molecule has 0 bridgehead atoms. The molecule has 1 aromatic heterocycles. The van der Waals surface area contributed by atoms with Crippen LogP contribution in [0.2, 0.25) is 0 Å². The van der Waals surface area contributed by atoms with Crippen LogP contribution in [0.3, 0.4) is 0 Å². The molecule has 5 nitrogen and oxygen atoms in total. The largest absolute Gasteiger partial charge is 0.396 e. The van der Waals surface area contributed by atoms with Crippen LogP contribution in [-0.2, 0) is 0 Å². The Kier molecular flexibility index (Phi) is 3.24. The highest BCUT2D eigenvalue weighted by Gasteiger charge is 2.23. The van der Waals surface area contributed by atoms with Gasteiger partial charge in [0.15, 0.2) is 0 Å². The van der Waals surface area contributed by atoms with Gasteiger partial charge in [-0.3, -0.25) is 0 Å². The van der Waals surface area contributed by atoms with Crippen molar-refractivity contribution in [1.82, 2.24) is 9.97 Å². The smallest absolute Gasteiger partial charge is 0.134 e. The number of aliphatic hydroxyl groups is 1. The van der Waals surface area contributed by atoms with Gasteiger partial charge < -0.3 is 15.3 Å². The van der Waals surface area contributed by atoms with Gasteiger partial charge in [-0.2, -0.15) is 0 Å².